The third-order valence-electron chi connectivity index (χ3n) is 1.91. The molecular weight excluding hydrogens is 219 g/mol. The Hall–Kier alpha value is 0.130. The quantitative estimate of drug-likeness (QED) is 0.684. The highest BCUT2D eigenvalue weighted by atomic mass is 35.7. The van der Waals surface area contributed by atoms with Gasteiger partial charge in [0.1, 0.15) is 17.3 Å². The fraction of sp³-hybridized carbons (Fsp3) is 0.889. The molecule has 0 saturated heterocycles. The monoisotopic (exact) mass is 238 g/mol. The van der Waals surface area contributed by atoms with Crippen LogP contribution < -0.4 is 5.32 Å². The number of nitrogens with zero attached hydrogens (tertiary/aromatic N) is 1. The van der Waals surface area contributed by atoms with Crippen molar-refractivity contribution < 1.29 is 9.84 Å². The van der Waals surface area contributed by atoms with Crippen molar-refractivity contribution in [2.75, 3.05) is 0 Å². The van der Waals surface area contributed by atoms with Crippen LogP contribution >= 0.6 is 19.4 Å². The lowest BCUT2D eigenvalue weighted by Crippen LogP contribution is -2.93. The second-order valence-corrected chi connectivity index (χ2v) is 4.84. The summed E-state index contributed by atoms with van der Waals surface area (Å²) >= 11 is 5.56. The highest BCUT2D eigenvalue weighted by molar-refractivity contribution is 7.64. The molecule has 3 unspecified atom stereocenters. The minimum Gasteiger partial charge on any atom is -0.342 e. The van der Waals surface area contributed by atoms with Crippen LogP contribution in [0.5, 0.6) is 0 Å². The van der Waals surface area contributed by atoms with Crippen molar-refractivity contribution in [3.63, 3.8) is 0 Å². The van der Waals surface area contributed by atoms with Crippen molar-refractivity contribution in [3.05, 3.63) is 0 Å². The van der Waals surface area contributed by atoms with Gasteiger partial charge in [0.05, 0.1) is 24.6 Å². The largest absolute Gasteiger partial charge is 0.342 e. The van der Waals surface area contributed by atoms with Gasteiger partial charge in [-0.2, -0.15) is 5.26 Å². The summed E-state index contributed by atoms with van der Waals surface area (Å²) in [7, 11) is -0.483. The predicted octanol–water partition coefficient (Wildman–Crippen LogP) is 1.52. The molecule has 0 heterocycles. The lowest BCUT2D eigenvalue weighted by molar-refractivity contribution is -0.713. The highest BCUT2D eigenvalue weighted by Crippen LogP contribution is 2.23. The van der Waals surface area contributed by atoms with Crippen molar-refractivity contribution in [2.45, 2.75) is 51.8 Å². The van der Waals surface area contributed by atoms with Crippen LogP contribution in [0.1, 0.15) is 33.6 Å². The molecule has 0 spiro atoms. The van der Waals surface area contributed by atoms with Crippen LogP contribution in [0.2, 0.25) is 0 Å². The van der Waals surface area contributed by atoms with E-state index in [4.69, 9.17) is 21.0 Å². The number of halogens is 1. The molecule has 82 valence electrons. The van der Waals surface area contributed by atoms with Gasteiger partial charge in [0, 0.05) is 6.42 Å². The van der Waals surface area contributed by atoms with Gasteiger partial charge in [-0.1, -0.05) is 0 Å². The number of hydrogen-bond acceptors (Lipinski definition) is 2. The molecule has 0 fully saturated rings. The van der Waals surface area contributed by atoms with E-state index in [2.05, 4.69) is 32.2 Å². The van der Waals surface area contributed by atoms with Gasteiger partial charge < -0.3 is 5.32 Å². The first-order valence-electron chi connectivity index (χ1n) is 4.89. The Kier molecular flexibility index (Phi) is 8.52. The van der Waals surface area contributed by atoms with Gasteiger partial charge in [-0.3, -0.25) is 0 Å². The molecule has 0 saturated carbocycles. The second-order valence-electron chi connectivity index (χ2n) is 3.86. The summed E-state index contributed by atoms with van der Waals surface area (Å²) in [6, 6.07) is 3.19. The molecule has 0 aromatic carbocycles. The first kappa shape index (κ1) is 14.1. The molecule has 0 bridgehead atoms. The zero-order valence-electron chi connectivity index (χ0n) is 9.03. The van der Waals surface area contributed by atoms with Gasteiger partial charge in [-0.05, 0) is 20.8 Å². The van der Waals surface area contributed by atoms with E-state index in [1.807, 2.05) is 0 Å². The third-order valence-corrected chi connectivity index (χ3v) is 2.71. The highest BCUT2D eigenvalue weighted by Gasteiger charge is 2.18. The summed E-state index contributed by atoms with van der Waals surface area (Å²) in [5, 5.41) is 10.9. The Morgan fingerprint density at radius 3 is 2.57 bits per heavy atom. The molecule has 3 nitrogen and oxygen atoms in total. The second kappa shape index (κ2) is 8.44. The maximum Gasteiger partial charge on any atom is 0.219 e. The van der Waals surface area contributed by atoms with E-state index in [-0.39, 0.29) is 6.10 Å². The average Bonchev–Trinajstić information content (AvgIpc) is 2.03. The van der Waals surface area contributed by atoms with E-state index >= 15 is 0 Å². The molecule has 3 atom stereocenters. The van der Waals surface area contributed by atoms with Gasteiger partial charge in [0.25, 0.3) is 0 Å². The Bertz CT molecular complexity index is 184. The smallest absolute Gasteiger partial charge is 0.219 e. The van der Waals surface area contributed by atoms with Crippen molar-refractivity contribution in [2.24, 2.45) is 0 Å². The van der Waals surface area contributed by atoms with Crippen LogP contribution in [-0.2, 0) is 4.52 Å². The molecule has 0 aromatic rings. The van der Waals surface area contributed by atoms with E-state index in [9.17, 15) is 0 Å². The summed E-state index contributed by atoms with van der Waals surface area (Å²) in [5.74, 6) is 0. The Morgan fingerprint density at radius 2 is 2.14 bits per heavy atom. The molecule has 14 heavy (non-hydrogen) atoms. The Morgan fingerprint density at radius 1 is 1.50 bits per heavy atom. The fourth-order valence-electron chi connectivity index (χ4n) is 1.51. The van der Waals surface area contributed by atoms with Crippen molar-refractivity contribution in [1.82, 2.24) is 0 Å². The Labute approximate surface area is 92.8 Å². The van der Waals surface area contributed by atoms with Crippen LogP contribution in [0, 0.1) is 11.3 Å². The van der Waals surface area contributed by atoms with E-state index in [1.165, 1.54) is 0 Å². The number of nitriles is 1. The average molecular weight is 239 g/mol. The molecule has 0 aliphatic carbocycles. The molecule has 5 heteroatoms. The van der Waals surface area contributed by atoms with Crippen LogP contribution in [0.4, 0.5) is 0 Å². The van der Waals surface area contributed by atoms with Gasteiger partial charge in [-0.25, -0.2) is 4.52 Å². The van der Waals surface area contributed by atoms with Crippen LogP contribution in [-0.4, -0.2) is 18.2 Å². The maximum absolute atomic E-state index is 8.58. The van der Waals surface area contributed by atoms with Crippen molar-refractivity contribution in [3.8, 4) is 6.07 Å². The molecule has 0 aliphatic rings. The molecule has 0 amide bonds. The summed E-state index contributed by atoms with van der Waals surface area (Å²) in [6.45, 7) is 6.46. The van der Waals surface area contributed by atoms with Crippen LogP contribution in [0.3, 0.4) is 0 Å². The summed E-state index contributed by atoms with van der Waals surface area (Å²) in [5.41, 5.74) is 0. The molecular formula is C9H20ClN2OP+2. The fourth-order valence-corrected chi connectivity index (χ4v) is 2.30. The zero-order chi connectivity index (χ0) is 11.0. The minimum absolute atomic E-state index is 0.0116. The van der Waals surface area contributed by atoms with E-state index in [1.54, 1.807) is 0 Å². The van der Waals surface area contributed by atoms with E-state index < -0.39 is 8.16 Å². The SMILES string of the molecule is CC(C)[NH2+]C(C)CC(CC#N)O[PH2+]Cl. The lowest BCUT2D eigenvalue weighted by Gasteiger charge is -2.16. The minimum atomic E-state index is -0.483. The third kappa shape index (κ3) is 7.53. The molecule has 2 N–H and O–H groups in total. The van der Waals surface area contributed by atoms with Crippen molar-refractivity contribution in [1.29, 1.82) is 5.26 Å². The number of quaternary nitrogens is 1. The first-order chi connectivity index (χ1) is 6.60. The van der Waals surface area contributed by atoms with Gasteiger partial charge >= 0.3 is 0 Å². The number of rotatable bonds is 7. The topological polar surface area (TPSA) is 49.6 Å². The number of hydrogen-bond donors (Lipinski definition) is 1. The normalized spacial score (nSPS) is 16.0. The van der Waals surface area contributed by atoms with Gasteiger partial charge in [0.15, 0.2) is 0 Å². The van der Waals surface area contributed by atoms with E-state index in [0.29, 0.717) is 18.5 Å². The molecule has 0 aromatic heterocycles. The predicted molar refractivity (Wildman–Crippen MR) is 61.8 cm³/mol. The van der Waals surface area contributed by atoms with Gasteiger partial charge in [-0.15, -0.1) is 0 Å². The zero-order valence-corrected chi connectivity index (χ0v) is 10.9. The molecule has 0 aliphatic heterocycles. The first-order valence-corrected chi connectivity index (χ1v) is 7.11. The molecule has 0 rings (SSSR count). The molecule has 0 radical (unpaired) electrons. The van der Waals surface area contributed by atoms with Crippen LogP contribution in [0.15, 0.2) is 0 Å². The van der Waals surface area contributed by atoms with Crippen molar-refractivity contribution >= 4 is 19.4 Å². The van der Waals surface area contributed by atoms with Gasteiger partial charge in [0.2, 0.25) is 8.16 Å². The summed E-state index contributed by atoms with van der Waals surface area (Å²) < 4.78 is 5.34. The van der Waals surface area contributed by atoms with Crippen LogP contribution in [0.25, 0.3) is 0 Å². The number of nitrogens with two attached hydrogens (primary N) is 1. The standard InChI is InChI=1S/C9H18ClN2OP/c1-7(2)12-8(3)6-9(4-5-11)13-14-10/h7-9,12,14H,4,6H2,1-3H3/p+2. The summed E-state index contributed by atoms with van der Waals surface area (Å²) in [6.07, 6.45) is 1.35. The van der Waals surface area contributed by atoms with E-state index in [0.717, 1.165) is 6.42 Å². The lowest BCUT2D eigenvalue weighted by atomic mass is 10.1. The summed E-state index contributed by atoms with van der Waals surface area (Å²) in [4.78, 5) is 0. The Balaban J connectivity index is 3.83. The maximum atomic E-state index is 8.58.